The Morgan fingerprint density at radius 1 is 1.39 bits per heavy atom. The van der Waals surface area contributed by atoms with Crippen molar-refractivity contribution in [2.75, 3.05) is 19.7 Å². The zero-order valence-corrected chi connectivity index (χ0v) is 13.3. The fourth-order valence-electron chi connectivity index (χ4n) is 2.65. The van der Waals surface area contributed by atoms with Crippen LogP contribution in [0.5, 0.6) is 5.75 Å². The van der Waals surface area contributed by atoms with Gasteiger partial charge < -0.3 is 19.7 Å². The van der Waals surface area contributed by atoms with Gasteiger partial charge in [-0.25, -0.2) is 0 Å². The molecule has 0 aromatic heterocycles. The Morgan fingerprint density at radius 3 is 2.70 bits per heavy atom. The van der Waals surface area contributed by atoms with Crippen molar-refractivity contribution in [3.63, 3.8) is 0 Å². The maximum absolute atomic E-state index is 12.1. The summed E-state index contributed by atoms with van der Waals surface area (Å²) < 4.78 is 5.50. The quantitative estimate of drug-likeness (QED) is 0.578. The first-order valence-electron chi connectivity index (χ1n) is 7.87. The van der Waals surface area contributed by atoms with E-state index in [1.54, 1.807) is 6.07 Å². The molecular weight excluding hydrogens is 297 g/mol. The first-order valence-corrected chi connectivity index (χ1v) is 7.87. The number of nitrogens with zero attached hydrogens (tertiary/aromatic N) is 1. The molecule has 0 radical (unpaired) electrons. The summed E-state index contributed by atoms with van der Waals surface area (Å²) in [5.41, 5.74) is 0.291. The van der Waals surface area contributed by atoms with Crippen LogP contribution in [0.1, 0.15) is 36.5 Å². The topological polar surface area (TPSA) is 87.1 Å². The van der Waals surface area contributed by atoms with E-state index in [0.717, 1.165) is 25.9 Å². The van der Waals surface area contributed by atoms with Crippen molar-refractivity contribution in [2.24, 2.45) is 5.92 Å². The van der Waals surface area contributed by atoms with Crippen LogP contribution < -0.4 is 10.2 Å². The third-order valence-electron chi connectivity index (χ3n) is 4.18. The summed E-state index contributed by atoms with van der Waals surface area (Å²) in [4.78, 5) is 24.9. The summed E-state index contributed by atoms with van der Waals surface area (Å²) in [7, 11) is -1.70. The van der Waals surface area contributed by atoms with E-state index in [4.69, 9.17) is 14.8 Å². The molecule has 1 amide bonds. The highest BCUT2D eigenvalue weighted by Gasteiger charge is 2.20. The third kappa shape index (κ3) is 4.81. The van der Waals surface area contributed by atoms with E-state index >= 15 is 0 Å². The lowest BCUT2D eigenvalue weighted by molar-refractivity contribution is -0.133. The normalized spacial score (nSPS) is 15.3. The summed E-state index contributed by atoms with van der Waals surface area (Å²) in [5, 5.41) is 18.3. The Kier molecular flexibility index (Phi) is 6.18. The van der Waals surface area contributed by atoms with Crippen molar-refractivity contribution in [2.45, 2.75) is 26.2 Å². The molecule has 0 atom stereocenters. The van der Waals surface area contributed by atoms with Gasteiger partial charge in [0.25, 0.3) is 0 Å². The van der Waals surface area contributed by atoms with E-state index < -0.39 is 7.12 Å². The maximum atomic E-state index is 12.1. The first-order chi connectivity index (χ1) is 11.0. The highest BCUT2D eigenvalue weighted by Crippen LogP contribution is 2.17. The van der Waals surface area contributed by atoms with E-state index in [-0.39, 0.29) is 30.0 Å². The first kappa shape index (κ1) is 17.5. The Hall–Kier alpha value is -1.86. The number of hydrogen-bond acceptors (Lipinski definition) is 5. The van der Waals surface area contributed by atoms with Crippen molar-refractivity contribution < 1.29 is 24.4 Å². The minimum Gasteiger partial charge on any atom is -0.493 e. The van der Waals surface area contributed by atoms with Crippen LogP contribution in [0.15, 0.2) is 18.2 Å². The highest BCUT2D eigenvalue weighted by atomic mass is 16.5. The van der Waals surface area contributed by atoms with Crippen molar-refractivity contribution in [1.82, 2.24) is 4.90 Å². The molecule has 7 heteroatoms. The van der Waals surface area contributed by atoms with Crippen LogP contribution in [-0.2, 0) is 4.79 Å². The van der Waals surface area contributed by atoms with Gasteiger partial charge >= 0.3 is 7.12 Å². The van der Waals surface area contributed by atoms with Crippen molar-refractivity contribution in [3.05, 3.63) is 23.8 Å². The molecule has 6 nitrogen and oxygen atoms in total. The molecule has 1 fully saturated rings. The number of benzene rings is 1. The van der Waals surface area contributed by atoms with Crippen LogP contribution in [-0.4, -0.2) is 54.0 Å². The van der Waals surface area contributed by atoms with Crippen LogP contribution in [0.4, 0.5) is 0 Å². The van der Waals surface area contributed by atoms with Gasteiger partial charge in [-0.1, -0.05) is 13.0 Å². The molecule has 2 N–H and O–H groups in total. The van der Waals surface area contributed by atoms with Crippen LogP contribution in [0.3, 0.4) is 0 Å². The molecule has 1 heterocycles. The van der Waals surface area contributed by atoms with Gasteiger partial charge in [-0.15, -0.1) is 0 Å². The number of carbonyl (C=O) groups is 2. The lowest BCUT2D eigenvalue weighted by atomic mass is 9.77. The molecule has 0 aliphatic carbocycles. The lowest BCUT2D eigenvalue weighted by Crippen LogP contribution is -2.38. The summed E-state index contributed by atoms with van der Waals surface area (Å²) in [5.74, 6) is 1.18. The van der Waals surface area contributed by atoms with Gasteiger partial charge in [0.1, 0.15) is 12.0 Å². The Morgan fingerprint density at radius 2 is 2.09 bits per heavy atom. The fraction of sp³-hybridized carbons (Fsp3) is 0.500. The molecule has 1 aromatic rings. The summed E-state index contributed by atoms with van der Waals surface area (Å²) in [6.07, 6.45) is 2.91. The van der Waals surface area contributed by atoms with Gasteiger partial charge in [0.05, 0.1) is 13.0 Å². The van der Waals surface area contributed by atoms with Gasteiger partial charge in [0.2, 0.25) is 5.91 Å². The summed E-state index contributed by atoms with van der Waals surface area (Å²) in [6, 6.07) is 4.42. The van der Waals surface area contributed by atoms with Crippen LogP contribution in [0.25, 0.3) is 0 Å². The maximum Gasteiger partial charge on any atom is 0.489 e. The van der Waals surface area contributed by atoms with Crippen LogP contribution in [0, 0.1) is 5.92 Å². The average molecular weight is 319 g/mol. The van der Waals surface area contributed by atoms with E-state index in [1.807, 2.05) is 4.90 Å². The number of rotatable bonds is 6. The minimum atomic E-state index is -1.70. The second-order valence-corrected chi connectivity index (χ2v) is 5.94. The van der Waals surface area contributed by atoms with Gasteiger partial charge in [-0.3, -0.25) is 9.59 Å². The van der Waals surface area contributed by atoms with Crippen molar-refractivity contribution in [1.29, 1.82) is 0 Å². The Labute approximate surface area is 136 Å². The lowest BCUT2D eigenvalue weighted by Gasteiger charge is -2.30. The van der Waals surface area contributed by atoms with Crippen LogP contribution >= 0.6 is 0 Å². The third-order valence-corrected chi connectivity index (χ3v) is 4.18. The van der Waals surface area contributed by atoms with Gasteiger partial charge in [0.15, 0.2) is 0 Å². The van der Waals surface area contributed by atoms with Crippen molar-refractivity contribution >= 4 is 24.8 Å². The molecule has 1 aliphatic rings. The van der Waals surface area contributed by atoms with Gasteiger partial charge in [-0.05, 0) is 36.4 Å². The molecule has 0 saturated carbocycles. The number of likely N-dealkylation sites (tertiary alicyclic amines) is 1. The molecule has 1 saturated heterocycles. The smallest absolute Gasteiger partial charge is 0.489 e. The number of aldehydes is 1. The molecular formula is C16H22BNO5. The average Bonchev–Trinajstić information content (AvgIpc) is 2.55. The van der Waals surface area contributed by atoms with Gasteiger partial charge in [-0.2, -0.15) is 0 Å². The minimum absolute atomic E-state index is 0.0786. The SMILES string of the molecule is CC1CCN(C(=O)CCOc2ccc(B(O)O)c(C=O)c2)CC1. The number of hydrogen-bond donors (Lipinski definition) is 2. The van der Waals surface area contributed by atoms with E-state index in [2.05, 4.69) is 6.92 Å². The molecule has 23 heavy (non-hydrogen) atoms. The second kappa shape index (κ2) is 8.13. The Bertz CT molecular complexity index is 555. The second-order valence-electron chi connectivity index (χ2n) is 5.94. The molecule has 1 aromatic carbocycles. The number of ether oxygens (including phenoxy) is 1. The predicted octanol–water partition coefficient (Wildman–Crippen LogP) is 0.206. The molecule has 2 rings (SSSR count). The standard InChI is InChI=1S/C16H22BNO5/c1-12-4-7-18(8-5-12)16(20)6-9-23-14-2-3-15(17(21)22)13(10-14)11-19/h2-3,10-12,21-22H,4-9H2,1H3. The number of piperidine rings is 1. The zero-order chi connectivity index (χ0) is 16.8. The zero-order valence-electron chi connectivity index (χ0n) is 13.3. The number of carbonyl (C=O) groups excluding carboxylic acids is 2. The molecule has 124 valence electrons. The molecule has 0 unspecified atom stereocenters. The summed E-state index contributed by atoms with van der Waals surface area (Å²) >= 11 is 0. The summed E-state index contributed by atoms with van der Waals surface area (Å²) in [6.45, 7) is 4.03. The van der Waals surface area contributed by atoms with E-state index in [9.17, 15) is 9.59 Å². The van der Waals surface area contributed by atoms with E-state index in [0.29, 0.717) is 18.0 Å². The monoisotopic (exact) mass is 319 g/mol. The highest BCUT2D eigenvalue weighted by molar-refractivity contribution is 6.60. The van der Waals surface area contributed by atoms with Crippen LogP contribution in [0.2, 0.25) is 0 Å². The molecule has 0 bridgehead atoms. The Balaban J connectivity index is 1.84. The molecule has 0 spiro atoms. The largest absolute Gasteiger partial charge is 0.493 e. The predicted molar refractivity (Wildman–Crippen MR) is 86.7 cm³/mol. The van der Waals surface area contributed by atoms with E-state index in [1.165, 1.54) is 12.1 Å². The molecule has 1 aliphatic heterocycles. The van der Waals surface area contributed by atoms with Gasteiger partial charge in [0, 0.05) is 18.7 Å². The number of amides is 1. The van der Waals surface area contributed by atoms with Crippen molar-refractivity contribution in [3.8, 4) is 5.75 Å². The fourth-order valence-corrected chi connectivity index (χ4v) is 2.65.